The van der Waals surface area contributed by atoms with Gasteiger partial charge in [-0.2, -0.15) is 0 Å². The number of amides is 1. The molecule has 0 fully saturated rings. The first-order chi connectivity index (χ1) is 20.9. The van der Waals surface area contributed by atoms with Gasteiger partial charge in [0.25, 0.3) is 0 Å². The second kappa shape index (κ2) is 15.0. The molecular formula is C31H36N2O11. The fourth-order valence-corrected chi connectivity index (χ4v) is 5.22. The number of H-pyrrole nitrogens is 1. The third-order valence-electron chi connectivity index (χ3n) is 7.44. The van der Waals surface area contributed by atoms with Crippen LogP contribution in [0.1, 0.15) is 65.5 Å². The molecule has 0 bridgehead atoms. The Balaban J connectivity index is 2.09. The van der Waals surface area contributed by atoms with Crippen molar-refractivity contribution in [1.82, 2.24) is 10.3 Å². The zero-order valence-electron chi connectivity index (χ0n) is 25.1. The molecule has 0 radical (unpaired) electrons. The second-order valence-electron chi connectivity index (χ2n) is 10.4. The largest absolute Gasteiger partial charge is 0.481 e. The van der Waals surface area contributed by atoms with Gasteiger partial charge in [-0.05, 0) is 42.0 Å². The van der Waals surface area contributed by atoms with Crippen LogP contribution in [0.4, 0.5) is 0 Å². The average molecular weight is 613 g/mol. The number of aromatic nitrogens is 1. The summed E-state index contributed by atoms with van der Waals surface area (Å²) in [5.41, 5.74) is 0.896. The summed E-state index contributed by atoms with van der Waals surface area (Å²) in [6, 6.07) is 8.97. The van der Waals surface area contributed by atoms with Crippen molar-refractivity contribution in [3.63, 3.8) is 0 Å². The van der Waals surface area contributed by atoms with Crippen LogP contribution in [0.2, 0.25) is 0 Å². The molecule has 0 aliphatic carbocycles. The number of aromatic amines is 1. The minimum absolute atomic E-state index is 0.0381. The summed E-state index contributed by atoms with van der Waals surface area (Å²) in [5.74, 6) is -4.23. The maximum atomic E-state index is 13.4. The number of carboxylic acids is 1. The number of rotatable bonds is 15. The molecule has 236 valence electrons. The molecule has 0 spiro atoms. The number of ether oxygens (including phenoxy) is 4. The maximum absolute atomic E-state index is 13.4. The van der Waals surface area contributed by atoms with Crippen LogP contribution in [0.5, 0.6) is 0 Å². The van der Waals surface area contributed by atoms with Gasteiger partial charge in [-0.15, -0.1) is 0 Å². The predicted molar refractivity (Wildman–Crippen MR) is 153 cm³/mol. The third kappa shape index (κ3) is 8.33. The number of hydrogen-bond donors (Lipinski definition) is 3. The fraction of sp³-hybridized carbons (Fsp3) is 0.419. The number of aliphatic carboxylic acids is 1. The van der Waals surface area contributed by atoms with Crippen molar-refractivity contribution in [2.24, 2.45) is 0 Å². The summed E-state index contributed by atoms with van der Waals surface area (Å²) in [7, 11) is 3.64. The van der Waals surface area contributed by atoms with Crippen molar-refractivity contribution in [1.29, 1.82) is 0 Å². The third-order valence-corrected chi connectivity index (χ3v) is 7.44. The molecule has 1 amide bonds. The molecule has 1 aromatic heterocycles. The Morgan fingerprint density at radius 2 is 1.45 bits per heavy atom. The lowest BCUT2D eigenvalue weighted by atomic mass is 9.83. The van der Waals surface area contributed by atoms with Crippen molar-refractivity contribution in [2.75, 3.05) is 21.3 Å². The Morgan fingerprint density at radius 1 is 0.841 bits per heavy atom. The summed E-state index contributed by atoms with van der Waals surface area (Å²) >= 11 is 0. The average Bonchev–Trinajstić information content (AvgIpc) is 3.44. The van der Waals surface area contributed by atoms with Gasteiger partial charge < -0.3 is 34.4 Å². The molecular weight excluding hydrogens is 576 g/mol. The molecule has 1 unspecified atom stereocenters. The Labute approximate surface area is 253 Å². The number of carboxylic acid groups (broad SMARTS) is 1. The Kier molecular flexibility index (Phi) is 11.4. The number of methoxy groups -OCH3 is 3. The molecule has 1 aliphatic heterocycles. The normalized spacial score (nSPS) is 15.9. The molecule has 1 aliphatic rings. The monoisotopic (exact) mass is 612 g/mol. The highest BCUT2D eigenvalue weighted by Gasteiger charge is 2.43. The van der Waals surface area contributed by atoms with Crippen LogP contribution in [0.3, 0.4) is 0 Å². The Bertz CT molecular complexity index is 1460. The zero-order valence-corrected chi connectivity index (χ0v) is 25.1. The van der Waals surface area contributed by atoms with E-state index in [1.807, 2.05) is 6.07 Å². The van der Waals surface area contributed by atoms with Crippen LogP contribution < -0.4 is 5.32 Å². The Hall–Kier alpha value is -4.94. The molecule has 2 aromatic rings. The molecule has 1 aromatic carbocycles. The number of carbonyl (C=O) groups excluding carboxylic acids is 5. The summed E-state index contributed by atoms with van der Waals surface area (Å²) in [6.07, 6.45) is -1.09. The van der Waals surface area contributed by atoms with Gasteiger partial charge >= 0.3 is 29.8 Å². The summed E-state index contributed by atoms with van der Waals surface area (Å²) in [4.78, 5) is 77.8. The quantitative estimate of drug-likeness (QED) is 0.198. The first kappa shape index (κ1) is 33.6. The summed E-state index contributed by atoms with van der Waals surface area (Å²) in [6.45, 7) is 1.58. The van der Waals surface area contributed by atoms with E-state index in [4.69, 9.17) is 14.2 Å². The van der Waals surface area contributed by atoms with E-state index in [2.05, 4.69) is 15.0 Å². The standard InChI is InChI=1S/C31H36N2O11/c1-31(22(15-24(34)35)20(29(39)33-31)11-13-26(37)42-3)16-23-19(10-12-25(36)41-2)21(14-27(38)43-4)28(32-23)30(40)44-17-18-8-6-5-7-9-18/h5-9,32H,10-17H2,1-4H3,(H,33,39)(H,34,35). The molecule has 2 heterocycles. The number of hydrogen-bond acceptors (Lipinski definition) is 10. The van der Waals surface area contributed by atoms with Crippen LogP contribution in [0, 0.1) is 0 Å². The number of benzene rings is 1. The van der Waals surface area contributed by atoms with Crippen LogP contribution in [-0.4, -0.2) is 72.7 Å². The van der Waals surface area contributed by atoms with Crippen LogP contribution in [0.15, 0.2) is 41.5 Å². The molecule has 13 nitrogen and oxygen atoms in total. The molecule has 13 heteroatoms. The zero-order chi connectivity index (χ0) is 32.4. The van der Waals surface area contributed by atoms with Gasteiger partial charge in [0.2, 0.25) is 5.91 Å². The summed E-state index contributed by atoms with van der Waals surface area (Å²) < 4.78 is 19.9. The summed E-state index contributed by atoms with van der Waals surface area (Å²) in [5, 5.41) is 12.5. The van der Waals surface area contributed by atoms with Crippen molar-refractivity contribution in [2.45, 2.75) is 64.0 Å². The molecule has 0 saturated carbocycles. The van der Waals surface area contributed by atoms with Gasteiger partial charge in [-0.25, -0.2) is 4.79 Å². The Morgan fingerprint density at radius 3 is 2.05 bits per heavy atom. The minimum Gasteiger partial charge on any atom is -0.481 e. The smallest absolute Gasteiger partial charge is 0.355 e. The molecule has 3 rings (SSSR count). The highest BCUT2D eigenvalue weighted by Crippen LogP contribution is 2.37. The van der Waals surface area contributed by atoms with Gasteiger partial charge in [0.1, 0.15) is 12.3 Å². The van der Waals surface area contributed by atoms with E-state index in [9.17, 15) is 33.9 Å². The van der Waals surface area contributed by atoms with Crippen molar-refractivity contribution in [3.8, 4) is 0 Å². The molecule has 44 heavy (non-hydrogen) atoms. The van der Waals surface area contributed by atoms with Crippen LogP contribution in [0.25, 0.3) is 0 Å². The van der Waals surface area contributed by atoms with E-state index in [1.165, 1.54) is 21.3 Å². The second-order valence-corrected chi connectivity index (χ2v) is 10.4. The highest BCUT2D eigenvalue weighted by atomic mass is 16.5. The lowest BCUT2D eigenvalue weighted by Gasteiger charge is -2.28. The van der Waals surface area contributed by atoms with Crippen LogP contribution >= 0.6 is 0 Å². The molecule has 0 saturated heterocycles. The van der Waals surface area contributed by atoms with Crippen molar-refractivity contribution >= 4 is 35.8 Å². The fourth-order valence-electron chi connectivity index (χ4n) is 5.22. The van der Waals surface area contributed by atoms with E-state index < -0.39 is 47.7 Å². The van der Waals surface area contributed by atoms with E-state index >= 15 is 0 Å². The first-order valence-electron chi connectivity index (χ1n) is 13.8. The van der Waals surface area contributed by atoms with Gasteiger partial charge in [-0.3, -0.25) is 24.0 Å². The van der Waals surface area contributed by atoms with Gasteiger partial charge in [0, 0.05) is 30.5 Å². The number of esters is 4. The maximum Gasteiger partial charge on any atom is 0.355 e. The lowest BCUT2D eigenvalue weighted by Crippen LogP contribution is -2.44. The van der Waals surface area contributed by atoms with E-state index in [1.54, 1.807) is 31.2 Å². The van der Waals surface area contributed by atoms with Gasteiger partial charge in [0.15, 0.2) is 0 Å². The topological polar surface area (TPSA) is 187 Å². The van der Waals surface area contributed by atoms with E-state index in [-0.39, 0.29) is 67.5 Å². The predicted octanol–water partition coefficient (Wildman–Crippen LogP) is 2.35. The van der Waals surface area contributed by atoms with Crippen molar-refractivity contribution < 1.29 is 52.8 Å². The molecule has 3 N–H and O–H groups in total. The van der Waals surface area contributed by atoms with E-state index in [0.29, 0.717) is 11.3 Å². The minimum atomic E-state index is -1.26. The lowest BCUT2D eigenvalue weighted by molar-refractivity contribution is -0.141. The first-order valence-corrected chi connectivity index (χ1v) is 13.8. The van der Waals surface area contributed by atoms with Crippen molar-refractivity contribution in [3.05, 3.63) is 69.6 Å². The molecule has 1 atom stereocenters. The number of carbonyl (C=O) groups is 6. The van der Waals surface area contributed by atoms with Gasteiger partial charge in [0.05, 0.1) is 39.7 Å². The van der Waals surface area contributed by atoms with E-state index in [0.717, 1.165) is 5.56 Å². The van der Waals surface area contributed by atoms with Gasteiger partial charge in [-0.1, -0.05) is 30.3 Å². The highest BCUT2D eigenvalue weighted by molar-refractivity contribution is 6.00. The van der Waals surface area contributed by atoms with Crippen LogP contribution in [-0.2, 0) is 68.8 Å². The SMILES string of the molecule is COC(=O)CCC1=C(CC(=O)O)C(C)(Cc2[nH]c(C(=O)OCc3ccccc3)c(CC(=O)OC)c2CCC(=O)OC)NC1=O. The number of nitrogens with one attached hydrogen (secondary N) is 2.